The number of piperidine rings is 1. The van der Waals surface area contributed by atoms with Crippen molar-refractivity contribution in [2.75, 3.05) is 19.7 Å². The number of amides is 1. The van der Waals surface area contributed by atoms with Crippen LogP contribution >= 0.6 is 11.3 Å². The predicted octanol–water partition coefficient (Wildman–Crippen LogP) is 3.77. The maximum absolute atomic E-state index is 13.1. The summed E-state index contributed by atoms with van der Waals surface area (Å²) in [6, 6.07) is 2.24. The summed E-state index contributed by atoms with van der Waals surface area (Å²) in [6.45, 7) is 5.82. The van der Waals surface area contributed by atoms with Crippen LogP contribution in [0.2, 0.25) is 0 Å². The number of nitrogens with zero attached hydrogens (tertiary/aromatic N) is 4. The van der Waals surface area contributed by atoms with Crippen molar-refractivity contribution in [2.24, 2.45) is 0 Å². The molecule has 1 amide bonds. The molecule has 0 saturated carbocycles. The lowest BCUT2D eigenvalue weighted by molar-refractivity contribution is -0.0906. The van der Waals surface area contributed by atoms with Crippen LogP contribution in [-0.2, 0) is 23.2 Å². The number of hydrogen-bond donors (Lipinski definition) is 0. The summed E-state index contributed by atoms with van der Waals surface area (Å²) in [5, 5.41) is 4.04. The number of carbonyl (C=O) groups excluding carboxylic acids is 1. The van der Waals surface area contributed by atoms with Crippen molar-refractivity contribution in [3.63, 3.8) is 0 Å². The second kappa shape index (κ2) is 7.59. The monoisotopic (exact) mass is 424 g/mol. The van der Waals surface area contributed by atoms with Crippen LogP contribution < -0.4 is 0 Å². The molecule has 3 aromatic rings. The number of hydrogen-bond acceptors (Lipinski definition) is 7. The lowest BCUT2D eigenvalue weighted by Gasteiger charge is -2.43. The van der Waals surface area contributed by atoms with Gasteiger partial charge in [0.25, 0.3) is 5.91 Å². The van der Waals surface area contributed by atoms with Gasteiger partial charge in [0.05, 0.1) is 29.1 Å². The van der Waals surface area contributed by atoms with Crippen molar-refractivity contribution in [3.05, 3.63) is 52.1 Å². The molecule has 1 saturated heterocycles. The third-order valence-corrected chi connectivity index (χ3v) is 7.51. The van der Waals surface area contributed by atoms with Gasteiger partial charge in [-0.15, -0.1) is 11.3 Å². The first kappa shape index (κ1) is 19.4. The molecule has 0 unspecified atom stereocenters. The van der Waals surface area contributed by atoms with Gasteiger partial charge < -0.3 is 14.2 Å². The Hall–Kier alpha value is -2.58. The second-order valence-electron chi connectivity index (χ2n) is 7.85. The van der Waals surface area contributed by atoms with E-state index in [4.69, 9.17) is 9.26 Å². The standard InChI is InChI=1S/C22H24N4O3S/c1-3-16-19(14(2)29-25-16)21(27)26-9-5-22(6-10-26)20-15(4-11-28-22)12-18(30-20)17-13-23-7-8-24-17/h7-8,12-13H,3-6,9-11H2,1-2H3. The van der Waals surface area contributed by atoms with E-state index in [0.29, 0.717) is 37.4 Å². The molecule has 3 aromatic heterocycles. The Morgan fingerprint density at radius 3 is 2.87 bits per heavy atom. The van der Waals surface area contributed by atoms with Gasteiger partial charge in [0.15, 0.2) is 0 Å². The Labute approximate surface area is 179 Å². The molecule has 156 valence electrons. The Morgan fingerprint density at radius 1 is 1.30 bits per heavy atom. The quantitative estimate of drug-likeness (QED) is 0.637. The van der Waals surface area contributed by atoms with Gasteiger partial charge in [-0.25, -0.2) is 0 Å². The molecule has 7 nitrogen and oxygen atoms in total. The summed E-state index contributed by atoms with van der Waals surface area (Å²) in [5.41, 5.74) is 3.29. The number of ether oxygens (including phenoxy) is 1. The Kier molecular flexibility index (Phi) is 4.91. The Bertz CT molecular complexity index is 1070. The summed E-state index contributed by atoms with van der Waals surface area (Å²) in [6.07, 6.45) is 8.39. The molecule has 30 heavy (non-hydrogen) atoms. The van der Waals surface area contributed by atoms with Gasteiger partial charge >= 0.3 is 0 Å². The molecule has 0 N–H and O–H groups in total. The van der Waals surface area contributed by atoms with Gasteiger partial charge in [-0.1, -0.05) is 12.1 Å². The van der Waals surface area contributed by atoms with Crippen LogP contribution in [0.5, 0.6) is 0 Å². The number of carbonyl (C=O) groups is 1. The zero-order valence-corrected chi connectivity index (χ0v) is 18.0. The van der Waals surface area contributed by atoms with Crippen molar-refractivity contribution in [1.82, 2.24) is 20.0 Å². The van der Waals surface area contributed by atoms with Crippen LogP contribution in [0.25, 0.3) is 10.6 Å². The van der Waals surface area contributed by atoms with E-state index < -0.39 is 0 Å². The lowest BCUT2D eigenvalue weighted by atomic mass is 9.85. The largest absolute Gasteiger partial charge is 0.369 e. The molecule has 0 atom stereocenters. The molecule has 0 radical (unpaired) electrons. The zero-order valence-electron chi connectivity index (χ0n) is 17.2. The molecule has 1 spiro atoms. The predicted molar refractivity (Wildman–Crippen MR) is 112 cm³/mol. The van der Waals surface area contributed by atoms with Crippen LogP contribution in [0, 0.1) is 6.92 Å². The molecule has 8 heteroatoms. The van der Waals surface area contributed by atoms with Crippen LogP contribution in [-0.4, -0.2) is 45.6 Å². The van der Waals surface area contributed by atoms with E-state index in [-0.39, 0.29) is 11.5 Å². The molecule has 0 bridgehead atoms. The topological polar surface area (TPSA) is 81.4 Å². The number of aryl methyl sites for hydroxylation is 2. The normalized spacial score (nSPS) is 17.9. The van der Waals surface area contributed by atoms with Gasteiger partial charge in [-0.2, -0.15) is 0 Å². The van der Waals surface area contributed by atoms with E-state index in [2.05, 4.69) is 21.2 Å². The first-order valence-corrected chi connectivity index (χ1v) is 11.2. The van der Waals surface area contributed by atoms with Gasteiger partial charge in [-0.05, 0) is 44.2 Å². The minimum absolute atomic E-state index is 0.0166. The fourth-order valence-corrected chi connectivity index (χ4v) is 5.88. The van der Waals surface area contributed by atoms with E-state index in [1.165, 1.54) is 10.4 Å². The summed E-state index contributed by atoms with van der Waals surface area (Å²) in [4.78, 5) is 26.1. The fourth-order valence-electron chi connectivity index (χ4n) is 4.51. The highest BCUT2D eigenvalue weighted by Gasteiger charge is 2.43. The smallest absolute Gasteiger partial charge is 0.259 e. The summed E-state index contributed by atoms with van der Waals surface area (Å²) in [5.74, 6) is 0.614. The van der Waals surface area contributed by atoms with Crippen molar-refractivity contribution >= 4 is 17.2 Å². The molecule has 1 fully saturated rings. The third kappa shape index (κ3) is 3.15. The average molecular weight is 425 g/mol. The van der Waals surface area contributed by atoms with E-state index in [9.17, 15) is 4.79 Å². The molecule has 5 heterocycles. The molecule has 0 aromatic carbocycles. The highest BCUT2D eigenvalue weighted by atomic mass is 32.1. The minimum atomic E-state index is -0.313. The SMILES string of the molecule is CCc1noc(C)c1C(=O)N1CCC2(CC1)OCCc1cc(-c3cnccn3)sc12. The van der Waals surface area contributed by atoms with Crippen molar-refractivity contribution in [1.29, 1.82) is 0 Å². The molecular weight excluding hydrogens is 400 g/mol. The Balaban J connectivity index is 1.38. The van der Waals surface area contributed by atoms with E-state index in [1.54, 1.807) is 36.9 Å². The van der Waals surface area contributed by atoms with E-state index >= 15 is 0 Å². The lowest BCUT2D eigenvalue weighted by Crippen LogP contribution is -2.48. The van der Waals surface area contributed by atoms with Gasteiger partial charge in [0.1, 0.15) is 16.9 Å². The highest BCUT2D eigenvalue weighted by molar-refractivity contribution is 7.15. The third-order valence-electron chi connectivity index (χ3n) is 6.13. The van der Waals surface area contributed by atoms with Crippen LogP contribution in [0.4, 0.5) is 0 Å². The Morgan fingerprint density at radius 2 is 2.13 bits per heavy atom. The average Bonchev–Trinajstić information content (AvgIpc) is 3.39. The summed E-state index contributed by atoms with van der Waals surface area (Å²) >= 11 is 1.75. The number of thiophene rings is 1. The maximum Gasteiger partial charge on any atom is 0.259 e. The first-order chi connectivity index (χ1) is 14.6. The number of aromatic nitrogens is 3. The summed E-state index contributed by atoms with van der Waals surface area (Å²) < 4.78 is 11.6. The minimum Gasteiger partial charge on any atom is -0.369 e. The van der Waals surface area contributed by atoms with Crippen molar-refractivity contribution < 1.29 is 14.1 Å². The number of likely N-dealkylation sites (tertiary alicyclic amines) is 1. The van der Waals surface area contributed by atoms with Crippen LogP contribution in [0.1, 0.15) is 52.0 Å². The second-order valence-corrected chi connectivity index (χ2v) is 8.91. The van der Waals surface area contributed by atoms with Crippen molar-refractivity contribution in [3.8, 4) is 10.6 Å². The van der Waals surface area contributed by atoms with E-state index in [0.717, 1.165) is 35.5 Å². The molecule has 2 aliphatic rings. The molecular formula is C22H24N4O3S. The highest BCUT2D eigenvalue weighted by Crippen LogP contribution is 2.47. The van der Waals surface area contributed by atoms with Crippen LogP contribution in [0.3, 0.4) is 0 Å². The molecule has 5 rings (SSSR count). The van der Waals surface area contributed by atoms with E-state index in [1.807, 2.05) is 11.8 Å². The maximum atomic E-state index is 13.1. The zero-order chi connectivity index (χ0) is 20.7. The molecule has 2 aliphatic heterocycles. The summed E-state index contributed by atoms with van der Waals surface area (Å²) in [7, 11) is 0. The van der Waals surface area contributed by atoms with Gasteiger partial charge in [-0.3, -0.25) is 14.8 Å². The van der Waals surface area contributed by atoms with Crippen molar-refractivity contribution in [2.45, 2.75) is 45.1 Å². The fraction of sp³-hybridized carbons (Fsp3) is 0.455. The number of rotatable bonds is 3. The number of fused-ring (bicyclic) bond motifs is 2. The van der Waals surface area contributed by atoms with Crippen LogP contribution in [0.15, 0.2) is 29.2 Å². The van der Waals surface area contributed by atoms with Gasteiger partial charge in [0.2, 0.25) is 0 Å². The first-order valence-electron chi connectivity index (χ1n) is 10.4. The molecule has 0 aliphatic carbocycles. The van der Waals surface area contributed by atoms with Gasteiger partial charge in [0, 0.05) is 30.4 Å².